The fourth-order valence-electron chi connectivity index (χ4n) is 1.99. The van der Waals surface area contributed by atoms with Gasteiger partial charge in [-0.1, -0.05) is 26.8 Å². The Morgan fingerprint density at radius 1 is 1.17 bits per heavy atom. The number of rotatable bonds is 3. The van der Waals surface area contributed by atoms with Crippen LogP contribution >= 0.6 is 0 Å². The van der Waals surface area contributed by atoms with E-state index in [0.717, 1.165) is 16.8 Å². The van der Waals surface area contributed by atoms with Crippen LogP contribution in [-0.2, 0) is 4.79 Å². The average Bonchev–Trinajstić information content (AvgIpc) is 2.96. The van der Waals surface area contributed by atoms with E-state index in [-0.39, 0.29) is 5.91 Å². The van der Waals surface area contributed by atoms with Gasteiger partial charge >= 0.3 is 0 Å². The molecule has 1 aromatic carbocycles. The van der Waals surface area contributed by atoms with Crippen LogP contribution in [0.4, 0.5) is 17.2 Å². The molecule has 2 heterocycles. The highest BCUT2D eigenvalue weighted by atomic mass is 16.2. The summed E-state index contributed by atoms with van der Waals surface area (Å²) < 4.78 is 0. The van der Waals surface area contributed by atoms with Crippen LogP contribution in [0.15, 0.2) is 36.8 Å². The van der Waals surface area contributed by atoms with Gasteiger partial charge in [-0.2, -0.15) is 5.10 Å². The van der Waals surface area contributed by atoms with Crippen molar-refractivity contribution >= 4 is 34.1 Å². The normalized spacial score (nSPS) is 11.4. The SMILES string of the molecule is CC(C)(C)C(=O)Nc1cccc(Nc2ncnc3[nH]ncc23)c1. The largest absolute Gasteiger partial charge is 0.339 e. The van der Waals surface area contributed by atoms with Crippen LogP contribution in [0.3, 0.4) is 0 Å². The molecule has 1 amide bonds. The van der Waals surface area contributed by atoms with Gasteiger partial charge in [0.1, 0.15) is 12.1 Å². The van der Waals surface area contributed by atoms with Crippen LogP contribution in [0.1, 0.15) is 20.8 Å². The maximum atomic E-state index is 12.1. The highest BCUT2D eigenvalue weighted by molar-refractivity contribution is 5.95. The van der Waals surface area contributed by atoms with Gasteiger partial charge in [0, 0.05) is 16.8 Å². The van der Waals surface area contributed by atoms with Crippen molar-refractivity contribution in [3.63, 3.8) is 0 Å². The number of hydrogen-bond donors (Lipinski definition) is 3. The number of anilines is 3. The van der Waals surface area contributed by atoms with E-state index in [0.29, 0.717) is 11.5 Å². The molecule has 0 saturated carbocycles. The summed E-state index contributed by atoms with van der Waals surface area (Å²) in [6.07, 6.45) is 3.14. The minimum atomic E-state index is -0.445. The summed E-state index contributed by atoms with van der Waals surface area (Å²) in [4.78, 5) is 20.4. The number of benzene rings is 1. The number of aromatic amines is 1. The van der Waals surface area contributed by atoms with Gasteiger partial charge < -0.3 is 10.6 Å². The molecule has 3 N–H and O–H groups in total. The number of nitrogens with one attached hydrogen (secondary N) is 3. The van der Waals surface area contributed by atoms with Gasteiger partial charge in [0.15, 0.2) is 5.65 Å². The number of aromatic nitrogens is 4. The first-order valence-corrected chi connectivity index (χ1v) is 7.26. The number of amides is 1. The van der Waals surface area contributed by atoms with Crippen LogP contribution in [0.2, 0.25) is 0 Å². The standard InChI is InChI=1S/C16H18N6O/c1-16(2,3)15(23)21-11-6-4-5-10(7-11)20-13-12-8-19-22-14(12)18-9-17-13/h4-9H,1-3H3,(H,21,23)(H2,17,18,19,20,22). The second kappa shape index (κ2) is 5.68. The Labute approximate surface area is 133 Å². The zero-order valence-corrected chi connectivity index (χ0v) is 13.2. The van der Waals surface area contributed by atoms with E-state index < -0.39 is 5.41 Å². The molecule has 7 heteroatoms. The van der Waals surface area contributed by atoms with Crippen molar-refractivity contribution in [2.75, 3.05) is 10.6 Å². The van der Waals surface area contributed by atoms with Crippen molar-refractivity contribution in [3.05, 3.63) is 36.8 Å². The van der Waals surface area contributed by atoms with Gasteiger partial charge in [-0.05, 0) is 18.2 Å². The predicted octanol–water partition coefficient (Wildman–Crippen LogP) is 3.08. The molecule has 0 aliphatic heterocycles. The quantitative estimate of drug-likeness (QED) is 0.691. The second-order valence-electron chi connectivity index (χ2n) is 6.26. The van der Waals surface area contributed by atoms with Crippen molar-refractivity contribution < 1.29 is 4.79 Å². The van der Waals surface area contributed by atoms with Crippen LogP contribution in [0.25, 0.3) is 11.0 Å². The van der Waals surface area contributed by atoms with E-state index in [2.05, 4.69) is 30.8 Å². The van der Waals surface area contributed by atoms with Gasteiger partial charge in [0.2, 0.25) is 5.91 Å². The van der Waals surface area contributed by atoms with Gasteiger partial charge in [-0.15, -0.1) is 0 Å². The lowest BCUT2D eigenvalue weighted by molar-refractivity contribution is -0.123. The minimum absolute atomic E-state index is 0.0334. The van der Waals surface area contributed by atoms with Crippen LogP contribution in [-0.4, -0.2) is 26.1 Å². The molecule has 3 aromatic rings. The zero-order valence-electron chi connectivity index (χ0n) is 13.2. The van der Waals surface area contributed by atoms with E-state index in [4.69, 9.17) is 0 Å². The summed E-state index contributed by atoms with van der Waals surface area (Å²) in [5.74, 6) is 0.622. The molecule has 0 aliphatic carbocycles. The molecule has 0 radical (unpaired) electrons. The molecule has 0 spiro atoms. The molecular weight excluding hydrogens is 292 g/mol. The topological polar surface area (TPSA) is 95.6 Å². The monoisotopic (exact) mass is 310 g/mol. The van der Waals surface area contributed by atoms with Crippen molar-refractivity contribution in [2.24, 2.45) is 5.41 Å². The highest BCUT2D eigenvalue weighted by Gasteiger charge is 2.21. The number of fused-ring (bicyclic) bond motifs is 1. The van der Waals surface area contributed by atoms with Gasteiger partial charge in [0.25, 0.3) is 0 Å². The molecular formula is C16H18N6O. The molecule has 0 fully saturated rings. The maximum absolute atomic E-state index is 12.1. The van der Waals surface area contributed by atoms with Crippen LogP contribution in [0.5, 0.6) is 0 Å². The van der Waals surface area contributed by atoms with E-state index >= 15 is 0 Å². The Balaban J connectivity index is 1.83. The Morgan fingerprint density at radius 2 is 1.96 bits per heavy atom. The summed E-state index contributed by atoms with van der Waals surface area (Å²) >= 11 is 0. The maximum Gasteiger partial charge on any atom is 0.229 e. The molecule has 7 nitrogen and oxygen atoms in total. The predicted molar refractivity (Wildman–Crippen MR) is 89.5 cm³/mol. The van der Waals surface area contributed by atoms with E-state index in [1.807, 2.05) is 45.0 Å². The number of nitrogens with zero attached hydrogens (tertiary/aromatic N) is 3. The number of hydrogen-bond acceptors (Lipinski definition) is 5. The van der Waals surface area contributed by atoms with Crippen molar-refractivity contribution in [1.82, 2.24) is 20.2 Å². The van der Waals surface area contributed by atoms with Gasteiger partial charge in [0.05, 0.1) is 11.6 Å². The third-order valence-corrected chi connectivity index (χ3v) is 3.31. The Morgan fingerprint density at radius 3 is 2.74 bits per heavy atom. The van der Waals surface area contributed by atoms with E-state index in [9.17, 15) is 4.79 Å². The zero-order chi connectivity index (χ0) is 16.4. The molecule has 0 aliphatic rings. The van der Waals surface area contributed by atoms with Crippen molar-refractivity contribution in [3.8, 4) is 0 Å². The average molecular weight is 310 g/mol. The summed E-state index contributed by atoms with van der Waals surface area (Å²) in [6, 6.07) is 7.48. The molecule has 0 unspecified atom stereocenters. The van der Waals surface area contributed by atoms with E-state index in [1.54, 1.807) is 6.20 Å². The Kier molecular flexibility index (Phi) is 3.69. The molecule has 118 valence electrons. The molecule has 0 saturated heterocycles. The molecule has 2 aromatic heterocycles. The number of H-pyrrole nitrogens is 1. The van der Waals surface area contributed by atoms with Crippen LogP contribution < -0.4 is 10.6 Å². The Bertz CT molecular complexity index is 849. The summed E-state index contributed by atoms with van der Waals surface area (Å²) in [5.41, 5.74) is 1.77. The van der Waals surface area contributed by atoms with Gasteiger partial charge in [-0.25, -0.2) is 9.97 Å². The molecule has 23 heavy (non-hydrogen) atoms. The van der Waals surface area contributed by atoms with Crippen molar-refractivity contribution in [1.29, 1.82) is 0 Å². The lowest BCUT2D eigenvalue weighted by atomic mass is 9.95. The third kappa shape index (κ3) is 3.28. The third-order valence-electron chi connectivity index (χ3n) is 3.31. The first-order valence-electron chi connectivity index (χ1n) is 7.26. The molecule has 3 rings (SSSR count). The molecule has 0 bridgehead atoms. The first kappa shape index (κ1) is 15.0. The molecule has 0 atom stereocenters. The summed E-state index contributed by atoms with van der Waals surface area (Å²) in [6.45, 7) is 5.63. The fraction of sp³-hybridized carbons (Fsp3) is 0.250. The minimum Gasteiger partial charge on any atom is -0.339 e. The summed E-state index contributed by atoms with van der Waals surface area (Å²) in [5, 5.41) is 13.7. The second-order valence-corrected chi connectivity index (χ2v) is 6.26. The van der Waals surface area contributed by atoms with Crippen molar-refractivity contribution in [2.45, 2.75) is 20.8 Å². The number of carbonyl (C=O) groups excluding carboxylic acids is 1. The lowest BCUT2D eigenvalue weighted by Crippen LogP contribution is -2.27. The highest BCUT2D eigenvalue weighted by Crippen LogP contribution is 2.24. The van der Waals surface area contributed by atoms with E-state index in [1.165, 1.54) is 6.33 Å². The van der Waals surface area contributed by atoms with Crippen LogP contribution in [0, 0.1) is 5.41 Å². The van der Waals surface area contributed by atoms with Gasteiger partial charge in [-0.3, -0.25) is 9.89 Å². The lowest BCUT2D eigenvalue weighted by Gasteiger charge is -2.18. The summed E-state index contributed by atoms with van der Waals surface area (Å²) in [7, 11) is 0. The smallest absolute Gasteiger partial charge is 0.229 e. The first-order chi connectivity index (χ1) is 10.9. The number of carbonyl (C=O) groups is 1. The fourth-order valence-corrected chi connectivity index (χ4v) is 1.99. The Hall–Kier alpha value is -2.96.